The standard InChI is InChI=1S/C27H30N6O4.C23H19N3O5.C16H14N2O4.C9H9NO3/c1-18(34)31-22-8-4-20(5-9-22)26(36)33-24-12-6-21(7-13-24)27(37)32-23-10-2-19(3-11-23)25(35)30-17-16-29-15-14-28;1-14(27)24-18-8-2-15(3-9-18)21(28)25-19-10-4-16(5-11-19)22(29)26-20-12-6-17(7-13-20)23(30)31;1-10(19)17-13-6-2-11(3-7-13)15(20)18-14-8-4-12(5-9-14)16(21)22;1-6(11)10-8-4-2-7(3-5-8)9(12)13/h2-13,29H,14-17,28H2,1H3,(H,30,35)(H,31,34)(H,32,37)(H,33,36);2-13H,1H3,(H,24,27)(H,25,28)(H,26,29)(H,30,31);2-9H,1H3,(H,17,19)(H,18,20)(H,21,22);2-5H,1H3,(H,10,11)(H,12,13)/p+2. The molecule has 0 spiro atoms. The Hall–Kier alpha value is -14.0. The van der Waals surface area contributed by atoms with Crippen LogP contribution in [0.3, 0.4) is 0 Å². The first-order valence-corrected chi connectivity index (χ1v) is 31.4. The zero-order chi connectivity index (χ0) is 75.0. The van der Waals surface area contributed by atoms with Gasteiger partial charge in [-0.05, 0) is 218 Å². The van der Waals surface area contributed by atoms with Crippen molar-refractivity contribution in [3.05, 3.63) is 268 Å². The quantitative estimate of drug-likeness (QED) is 0.0267. The minimum atomic E-state index is -1.04. The van der Waals surface area contributed by atoms with Gasteiger partial charge in [0.15, 0.2) is 0 Å². The van der Waals surface area contributed by atoms with E-state index in [0.29, 0.717) is 91.1 Å². The van der Waals surface area contributed by atoms with Gasteiger partial charge in [-0.1, -0.05) is 0 Å². The van der Waals surface area contributed by atoms with Crippen molar-refractivity contribution in [1.29, 1.82) is 0 Å². The number of carboxylic acid groups (broad SMARTS) is 3. The fourth-order valence-corrected chi connectivity index (χ4v) is 8.83. The minimum absolute atomic E-state index is 0.128. The van der Waals surface area contributed by atoms with Crippen LogP contribution in [-0.2, 0) is 19.2 Å². The summed E-state index contributed by atoms with van der Waals surface area (Å²) in [6.07, 6.45) is 0. The number of anilines is 9. The molecule has 0 atom stereocenters. The topological polar surface area (TPSA) is 447 Å². The number of carboxylic acids is 3. The Labute approximate surface area is 589 Å². The first-order valence-electron chi connectivity index (χ1n) is 31.4. The van der Waals surface area contributed by atoms with E-state index in [4.69, 9.17) is 15.3 Å². The van der Waals surface area contributed by atoms with E-state index >= 15 is 0 Å². The van der Waals surface area contributed by atoms with E-state index in [1.54, 1.807) is 158 Å². The summed E-state index contributed by atoms with van der Waals surface area (Å²) in [5, 5.41) is 55.3. The number of hydrogen-bond acceptors (Lipinski definition) is 13. The molecule has 9 aromatic carbocycles. The molecule has 28 nitrogen and oxygen atoms in total. The van der Waals surface area contributed by atoms with Crippen molar-refractivity contribution in [2.75, 3.05) is 74.0 Å². The summed E-state index contributed by atoms with van der Waals surface area (Å²) in [6, 6.07) is 56.6. The third-order valence-electron chi connectivity index (χ3n) is 13.9. The number of carbonyl (C=O) groups is 13. The van der Waals surface area contributed by atoms with E-state index in [-0.39, 0.29) is 75.8 Å². The maximum Gasteiger partial charge on any atom is 0.335 e. The van der Waals surface area contributed by atoms with Crippen molar-refractivity contribution < 1.29 is 88.7 Å². The van der Waals surface area contributed by atoms with E-state index in [1.807, 2.05) is 0 Å². The summed E-state index contributed by atoms with van der Waals surface area (Å²) in [4.78, 5) is 150. The van der Waals surface area contributed by atoms with E-state index < -0.39 is 17.9 Å². The monoisotopic (exact) mass is 1400 g/mol. The molecule has 0 radical (unpaired) electrons. The Morgan fingerprint density at radius 3 is 0.583 bits per heavy atom. The molecule has 10 amide bonds. The summed E-state index contributed by atoms with van der Waals surface area (Å²) in [5.41, 5.74) is 11.8. The second-order valence-electron chi connectivity index (χ2n) is 22.1. The van der Waals surface area contributed by atoms with Gasteiger partial charge in [-0.15, -0.1) is 0 Å². The Kier molecular flexibility index (Phi) is 29.9. The zero-order valence-electron chi connectivity index (χ0n) is 56.0. The average Bonchev–Trinajstić information content (AvgIpc) is 0.855. The maximum absolute atomic E-state index is 12.6. The number of nitrogens with one attached hydrogen (secondary N) is 10. The van der Waals surface area contributed by atoms with E-state index in [2.05, 4.69) is 64.2 Å². The molecule has 0 heterocycles. The van der Waals surface area contributed by atoms with Crippen molar-refractivity contribution in [3.63, 3.8) is 0 Å². The van der Waals surface area contributed by atoms with Gasteiger partial charge in [-0.3, -0.25) is 47.9 Å². The Morgan fingerprint density at radius 2 is 0.417 bits per heavy atom. The molecule has 0 aliphatic rings. The SMILES string of the molecule is CC(=O)Nc1ccc(C(=O)Nc2ccc(C(=O)Nc3ccc(C(=O)NCC[NH2+]CC[NH3+])cc3)cc2)cc1.CC(=O)Nc1ccc(C(=O)Nc2ccc(C(=O)Nc3ccc(C(=O)O)cc3)cc2)cc1.CC(=O)Nc1ccc(C(=O)Nc2ccc(C(=O)O)cc2)cc1.CC(=O)Nc1ccc(C(=O)O)cc1. The van der Waals surface area contributed by atoms with Crippen LogP contribution >= 0.6 is 0 Å². The lowest BCUT2D eigenvalue weighted by Crippen LogP contribution is -2.89. The molecular weight excluding hydrogens is 1320 g/mol. The molecule has 18 N–H and O–H groups in total. The number of carbonyl (C=O) groups excluding carboxylic acids is 10. The van der Waals surface area contributed by atoms with Crippen molar-refractivity contribution >= 4 is 128 Å². The highest BCUT2D eigenvalue weighted by Crippen LogP contribution is 2.20. The van der Waals surface area contributed by atoms with Crippen LogP contribution in [0.2, 0.25) is 0 Å². The number of aromatic carboxylic acids is 3. The Morgan fingerprint density at radius 1 is 0.252 bits per heavy atom. The van der Waals surface area contributed by atoms with Crippen molar-refractivity contribution in [3.8, 4) is 0 Å². The van der Waals surface area contributed by atoms with Gasteiger partial charge in [-0.25, -0.2) is 14.4 Å². The number of nitrogens with two attached hydrogens (primary N) is 1. The first kappa shape index (κ1) is 78.0. The number of amides is 10. The molecule has 0 aliphatic carbocycles. The maximum atomic E-state index is 12.6. The summed E-state index contributed by atoms with van der Waals surface area (Å²) in [6.45, 7) is 8.75. The first-order chi connectivity index (χ1) is 49.2. The predicted molar refractivity (Wildman–Crippen MR) is 388 cm³/mol. The normalized spacial score (nSPS) is 10.0. The smallest absolute Gasteiger partial charge is 0.335 e. The van der Waals surface area contributed by atoms with Crippen LogP contribution < -0.4 is 64.2 Å². The highest BCUT2D eigenvalue weighted by atomic mass is 16.4. The molecule has 0 aromatic heterocycles. The van der Waals surface area contributed by atoms with Crippen LogP contribution in [0.4, 0.5) is 51.2 Å². The van der Waals surface area contributed by atoms with Crippen LogP contribution in [0.15, 0.2) is 218 Å². The summed E-state index contributed by atoms with van der Waals surface area (Å²) in [5.74, 6) is -5.60. The Balaban J connectivity index is 0.000000228. The van der Waals surface area contributed by atoms with Crippen LogP contribution in [0.25, 0.3) is 0 Å². The molecule has 0 saturated heterocycles. The summed E-state index contributed by atoms with van der Waals surface area (Å²) < 4.78 is 0. The van der Waals surface area contributed by atoms with Gasteiger partial charge in [0.2, 0.25) is 23.6 Å². The van der Waals surface area contributed by atoms with Gasteiger partial charge in [0, 0.05) is 112 Å². The molecule has 528 valence electrons. The molecule has 9 aromatic rings. The molecule has 28 heteroatoms. The highest BCUT2D eigenvalue weighted by molar-refractivity contribution is 6.09. The molecule has 0 unspecified atom stereocenters. The zero-order valence-corrected chi connectivity index (χ0v) is 56.0. The minimum Gasteiger partial charge on any atom is -0.478 e. The number of rotatable bonds is 23. The lowest BCUT2D eigenvalue weighted by molar-refractivity contribution is -0.668. The lowest BCUT2D eigenvalue weighted by atomic mass is 10.1. The van der Waals surface area contributed by atoms with Gasteiger partial charge >= 0.3 is 17.9 Å². The van der Waals surface area contributed by atoms with E-state index in [0.717, 1.165) is 19.6 Å². The van der Waals surface area contributed by atoms with Crippen molar-refractivity contribution in [2.24, 2.45) is 0 Å². The fraction of sp³-hybridized carbons (Fsp3) is 0.107. The molecule has 0 bridgehead atoms. The fourth-order valence-electron chi connectivity index (χ4n) is 8.83. The van der Waals surface area contributed by atoms with Crippen molar-refractivity contribution in [2.45, 2.75) is 27.7 Å². The van der Waals surface area contributed by atoms with Crippen LogP contribution in [0.1, 0.15) is 121 Å². The second kappa shape index (κ2) is 39.4. The number of quaternary nitrogens is 2. The number of hydrogen-bond donors (Lipinski definition) is 15. The van der Waals surface area contributed by atoms with Crippen LogP contribution in [0.5, 0.6) is 0 Å². The molecule has 9 rings (SSSR count). The predicted octanol–water partition coefficient (Wildman–Crippen LogP) is 8.47. The second-order valence-corrected chi connectivity index (χ2v) is 22.1. The molecule has 0 aliphatic heterocycles. The third kappa shape index (κ3) is 27.1. The number of benzene rings is 9. The third-order valence-corrected chi connectivity index (χ3v) is 13.9. The molecular formula is C75H74N12O16+2. The van der Waals surface area contributed by atoms with Gasteiger partial charge in [0.05, 0.1) is 29.8 Å². The lowest BCUT2D eigenvalue weighted by Gasteiger charge is -2.09. The summed E-state index contributed by atoms with van der Waals surface area (Å²) >= 11 is 0. The summed E-state index contributed by atoms with van der Waals surface area (Å²) in [7, 11) is 0. The van der Waals surface area contributed by atoms with E-state index in [1.165, 1.54) is 88.4 Å². The van der Waals surface area contributed by atoms with Gasteiger partial charge in [0.1, 0.15) is 13.1 Å². The molecule has 0 fully saturated rings. The molecule has 103 heavy (non-hydrogen) atoms. The van der Waals surface area contributed by atoms with Gasteiger partial charge in [0.25, 0.3) is 35.4 Å². The van der Waals surface area contributed by atoms with Gasteiger partial charge in [-0.2, -0.15) is 0 Å². The van der Waals surface area contributed by atoms with Crippen molar-refractivity contribution in [1.82, 2.24) is 5.32 Å². The Bertz CT molecular complexity index is 4480. The van der Waals surface area contributed by atoms with Gasteiger partial charge < -0.3 is 79.5 Å². The highest BCUT2D eigenvalue weighted by Gasteiger charge is 2.15. The average molecular weight is 1400 g/mol. The van der Waals surface area contributed by atoms with E-state index in [9.17, 15) is 62.3 Å². The van der Waals surface area contributed by atoms with Crippen LogP contribution in [-0.4, -0.2) is 118 Å². The molecule has 0 saturated carbocycles. The van der Waals surface area contributed by atoms with Crippen LogP contribution in [0, 0.1) is 0 Å². The largest absolute Gasteiger partial charge is 0.478 e.